The Bertz CT molecular complexity index is 591. The minimum absolute atomic E-state index is 0.0954. The average molecular weight is 356 g/mol. The van der Waals surface area contributed by atoms with Gasteiger partial charge in [-0.3, -0.25) is 14.5 Å². The lowest BCUT2D eigenvalue weighted by Crippen LogP contribution is -2.46. The van der Waals surface area contributed by atoms with Gasteiger partial charge in [0.25, 0.3) is 0 Å². The van der Waals surface area contributed by atoms with Crippen LogP contribution >= 0.6 is 23.2 Å². The van der Waals surface area contributed by atoms with E-state index in [2.05, 4.69) is 5.32 Å². The molecule has 1 aromatic rings. The summed E-state index contributed by atoms with van der Waals surface area (Å²) in [6.07, 6.45) is 4.63. The predicted molar refractivity (Wildman–Crippen MR) is 92.3 cm³/mol. The molecule has 7 heteroatoms. The zero-order valence-corrected chi connectivity index (χ0v) is 14.1. The van der Waals surface area contributed by atoms with Crippen LogP contribution in [0.1, 0.15) is 18.4 Å². The number of likely N-dealkylation sites (tertiary alicyclic amines) is 1. The summed E-state index contributed by atoms with van der Waals surface area (Å²) in [7, 11) is 0. The molecule has 1 heterocycles. The van der Waals surface area contributed by atoms with E-state index in [1.807, 2.05) is 4.90 Å². The second-order valence-corrected chi connectivity index (χ2v) is 6.31. The third-order valence-electron chi connectivity index (χ3n) is 3.71. The fraction of sp³-hybridized carbons (Fsp3) is 0.375. The third kappa shape index (κ3) is 5.53. The number of carbonyl (C=O) groups excluding carboxylic acids is 2. The van der Waals surface area contributed by atoms with E-state index in [1.54, 1.807) is 24.3 Å². The van der Waals surface area contributed by atoms with Gasteiger partial charge in [-0.15, -0.1) is 0 Å². The molecule has 23 heavy (non-hydrogen) atoms. The number of hydrogen-bond donors (Lipinski definition) is 2. The highest BCUT2D eigenvalue weighted by Crippen LogP contribution is 2.25. The summed E-state index contributed by atoms with van der Waals surface area (Å²) in [4.78, 5) is 24.9. The molecule has 2 rings (SSSR count). The van der Waals surface area contributed by atoms with Crippen molar-refractivity contribution < 1.29 is 9.59 Å². The number of piperidine rings is 1. The standard InChI is InChI=1S/C16H19Cl2N3O2/c17-13-2-1-3-14(18)12(13)4-5-16(23)20-11-6-8-21(9-7-11)10-15(19)22/h1-5,11H,6-10H2,(H2,19,22)(H,20,23). The minimum Gasteiger partial charge on any atom is -0.369 e. The topological polar surface area (TPSA) is 75.4 Å². The van der Waals surface area contributed by atoms with E-state index in [4.69, 9.17) is 28.9 Å². The van der Waals surface area contributed by atoms with Crippen LogP contribution in [0.2, 0.25) is 10.0 Å². The Kier molecular flexibility index (Phi) is 6.45. The summed E-state index contributed by atoms with van der Waals surface area (Å²) in [6, 6.07) is 5.29. The van der Waals surface area contributed by atoms with E-state index in [0.29, 0.717) is 15.6 Å². The lowest BCUT2D eigenvalue weighted by Gasteiger charge is -2.31. The van der Waals surface area contributed by atoms with Crippen molar-refractivity contribution in [2.24, 2.45) is 5.73 Å². The molecule has 0 radical (unpaired) electrons. The highest BCUT2D eigenvalue weighted by molar-refractivity contribution is 6.37. The smallest absolute Gasteiger partial charge is 0.244 e. The first kappa shape index (κ1) is 17.8. The molecule has 0 atom stereocenters. The molecular weight excluding hydrogens is 337 g/mol. The van der Waals surface area contributed by atoms with E-state index in [0.717, 1.165) is 25.9 Å². The first-order valence-corrected chi connectivity index (χ1v) is 8.14. The summed E-state index contributed by atoms with van der Waals surface area (Å²) < 4.78 is 0. The zero-order chi connectivity index (χ0) is 16.8. The Morgan fingerprint density at radius 3 is 2.43 bits per heavy atom. The largest absolute Gasteiger partial charge is 0.369 e. The molecule has 0 aliphatic carbocycles. The number of primary amides is 1. The maximum absolute atomic E-state index is 12.0. The third-order valence-corrected chi connectivity index (χ3v) is 4.37. The summed E-state index contributed by atoms with van der Waals surface area (Å²) in [6.45, 7) is 1.76. The molecule has 1 aliphatic heterocycles. The maximum atomic E-state index is 12.0. The van der Waals surface area contributed by atoms with Crippen LogP contribution in [-0.2, 0) is 9.59 Å². The second kappa shape index (κ2) is 8.34. The quantitative estimate of drug-likeness (QED) is 0.793. The second-order valence-electron chi connectivity index (χ2n) is 5.49. The molecule has 0 aromatic heterocycles. The number of rotatable bonds is 5. The fourth-order valence-corrected chi connectivity index (χ4v) is 3.06. The molecule has 5 nitrogen and oxygen atoms in total. The molecule has 1 saturated heterocycles. The number of carbonyl (C=O) groups is 2. The van der Waals surface area contributed by atoms with Crippen molar-refractivity contribution in [2.45, 2.75) is 18.9 Å². The van der Waals surface area contributed by atoms with Crippen molar-refractivity contribution in [2.75, 3.05) is 19.6 Å². The van der Waals surface area contributed by atoms with Crippen LogP contribution in [0.4, 0.5) is 0 Å². The van der Waals surface area contributed by atoms with Crippen molar-refractivity contribution in [3.8, 4) is 0 Å². The molecule has 1 aromatic carbocycles. The summed E-state index contributed by atoms with van der Waals surface area (Å²) in [5, 5.41) is 3.95. The minimum atomic E-state index is -0.327. The molecule has 0 saturated carbocycles. The molecule has 1 aliphatic rings. The van der Waals surface area contributed by atoms with Crippen LogP contribution in [0, 0.1) is 0 Å². The molecule has 0 spiro atoms. The zero-order valence-electron chi connectivity index (χ0n) is 12.6. The molecule has 124 valence electrons. The molecule has 1 fully saturated rings. The molecule has 0 unspecified atom stereocenters. The Morgan fingerprint density at radius 2 is 1.87 bits per heavy atom. The van der Waals surface area contributed by atoms with Crippen LogP contribution in [0.5, 0.6) is 0 Å². The average Bonchev–Trinajstić information content (AvgIpc) is 2.48. The fourth-order valence-electron chi connectivity index (χ4n) is 2.53. The van der Waals surface area contributed by atoms with E-state index in [9.17, 15) is 9.59 Å². The Morgan fingerprint density at radius 1 is 1.26 bits per heavy atom. The van der Waals surface area contributed by atoms with Crippen LogP contribution in [0.3, 0.4) is 0 Å². The van der Waals surface area contributed by atoms with Crippen LogP contribution in [0.15, 0.2) is 24.3 Å². The first-order chi connectivity index (χ1) is 11.0. The van der Waals surface area contributed by atoms with Gasteiger partial charge < -0.3 is 11.1 Å². The molecule has 0 bridgehead atoms. The van der Waals surface area contributed by atoms with Gasteiger partial charge in [-0.25, -0.2) is 0 Å². The van der Waals surface area contributed by atoms with Gasteiger partial charge in [0.05, 0.1) is 6.54 Å². The molecule has 3 N–H and O–H groups in total. The normalized spacial score (nSPS) is 16.6. The number of benzene rings is 1. The van der Waals surface area contributed by atoms with Crippen molar-refractivity contribution in [1.29, 1.82) is 0 Å². The molecule has 2 amide bonds. The number of nitrogens with two attached hydrogens (primary N) is 1. The van der Waals surface area contributed by atoms with Crippen molar-refractivity contribution in [1.82, 2.24) is 10.2 Å². The van der Waals surface area contributed by atoms with E-state index in [-0.39, 0.29) is 24.4 Å². The van der Waals surface area contributed by atoms with Crippen molar-refractivity contribution >= 4 is 41.1 Å². The summed E-state index contributed by atoms with van der Waals surface area (Å²) in [5.74, 6) is -0.513. The van der Waals surface area contributed by atoms with Crippen LogP contribution in [0.25, 0.3) is 6.08 Å². The Labute approximate surface area is 145 Å². The number of hydrogen-bond acceptors (Lipinski definition) is 3. The molecular formula is C16H19Cl2N3O2. The van der Waals surface area contributed by atoms with E-state index >= 15 is 0 Å². The number of halogens is 2. The van der Waals surface area contributed by atoms with Gasteiger partial charge in [-0.1, -0.05) is 29.3 Å². The SMILES string of the molecule is NC(=O)CN1CCC(NC(=O)C=Cc2c(Cl)cccc2Cl)CC1. The van der Waals surface area contributed by atoms with Gasteiger partial charge in [0.2, 0.25) is 11.8 Å². The monoisotopic (exact) mass is 355 g/mol. The van der Waals surface area contributed by atoms with Gasteiger partial charge in [-0.05, 0) is 31.1 Å². The maximum Gasteiger partial charge on any atom is 0.244 e. The first-order valence-electron chi connectivity index (χ1n) is 7.39. The van der Waals surface area contributed by atoms with Crippen molar-refractivity contribution in [3.05, 3.63) is 39.9 Å². The number of nitrogens with one attached hydrogen (secondary N) is 1. The van der Waals surface area contributed by atoms with Crippen LogP contribution < -0.4 is 11.1 Å². The van der Waals surface area contributed by atoms with E-state index in [1.165, 1.54) is 6.08 Å². The highest BCUT2D eigenvalue weighted by atomic mass is 35.5. The highest BCUT2D eigenvalue weighted by Gasteiger charge is 2.20. The lowest BCUT2D eigenvalue weighted by atomic mass is 10.0. The van der Waals surface area contributed by atoms with Gasteiger partial charge >= 0.3 is 0 Å². The predicted octanol–water partition coefficient (Wildman–Crippen LogP) is 2.07. The Hall–Kier alpha value is -1.56. The van der Waals surface area contributed by atoms with Gasteiger partial charge in [0.15, 0.2) is 0 Å². The van der Waals surface area contributed by atoms with E-state index < -0.39 is 0 Å². The van der Waals surface area contributed by atoms with Gasteiger partial charge in [-0.2, -0.15) is 0 Å². The number of nitrogens with zero attached hydrogens (tertiary/aromatic N) is 1. The lowest BCUT2D eigenvalue weighted by molar-refractivity contribution is -0.120. The summed E-state index contributed by atoms with van der Waals surface area (Å²) >= 11 is 12.1. The van der Waals surface area contributed by atoms with Crippen molar-refractivity contribution in [3.63, 3.8) is 0 Å². The Balaban J connectivity index is 1.84. The van der Waals surface area contributed by atoms with Crippen LogP contribution in [-0.4, -0.2) is 42.4 Å². The van der Waals surface area contributed by atoms with Gasteiger partial charge in [0, 0.05) is 40.8 Å². The number of amides is 2. The summed E-state index contributed by atoms with van der Waals surface area (Å²) in [5.41, 5.74) is 5.80. The van der Waals surface area contributed by atoms with Gasteiger partial charge in [0.1, 0.15) is 0 Å².